The standard InChI is InChI=1S/C29H34N2O5/c1-19(2)28(31-26(33)18-21-12-13-22-10-6-7-11-23(22)16-21)29(36)30-24(25(32)14-15-27(34)35)17-20-8-4-3-5-9-20/h3-13,16,19,24-25,28,32H,14-15,17-18H2,1-2H3,(H,30,36)(H,31,33)(H,34,35). The van der Waals surface area contributed by atoms with Gasteiger partial charge in [-0.05, 0) is 40.7 Å². The van der Waals surface area contributed by atoms with E-state index in [1.54, 1.807) is 0 Å². The van der Waals surface area contributed by atoms with Crippen molar-refractivity contribution in [2.75, 3.05) is 0 Å². The minimum atomic E-state index is -1.05. The molecule has 0 heterocycles. The zero-order valence-corrected chi connectivity index (χ0v) is 20.7. The lowest BCUT2D eigenvalue weighted by molar-refractivity contribution is -0.137. The molecule has 36 heavy (non-hydrogen) atoms. The lowest BCUT2D eigenvalue weighted by Crippen LogP contribution is -2.55. The van der Waals surface area contributed by atoms with E-state index in [0.717, 1.165) is 21.9 Å². The maximum absolute atomic E-state index is 13.2. The van der Waals surface area contributed by atoms with Crippen LogP contribution in [0.15, 0.2) is 72.8 Å². The number of carboxylic acid groups (broad SMARTS) is 1. The molecule has 0 aliphatic rings. The number of fused-ring (bicyclic) bond motifs is 1. The Morgan fingerprint density at radius 3 is 2.17 bits per heavy atom. The van der Waals surface area contributed by atoms with E-state index in [-0.39, 0.29) is 31.1 Å². The van der Waals surface area contributed by atoms with Crippen molar-refractivity contribution in [3.05, 3.63) is 83.9 Å². The summed E-state index contributed by atoms with van der Waals surface area (Å²) in [5, 5.41) is 27.5. The van der Waals surface area contributed by atoms with E-state index in [4.69, 9.17) is 5.11 Å². The number of hydrogen-bond donors (Lipinski definition) is 4. The maximum Gasteiger partial charge on any atom is 0.303 e. The predicted molar refractivity (Wildman–Crippen MR) is 139 cm³/mol. The molecular weight excluding hydrogens is 456 g/mol. The van der Waals surface area contributed by atoms with Crippen LogP contribution in [0.5, 0.6) is 0 Å². The zero-order chi connectivity index (χ0) is 26.1. The van der Waals surface area contributed by atoms with Gasteiger partial charge in [-0.3, -0.25) is 14.4 Å². The fourth-order valence-electron chi connectivity index (χ4n) is 4.19. The molecule has 3 rings (SSSR count). The number of carboxylic acids is 1. The number of rotatable bonds is 12. The third-order valence-corrected chi connectivity index (χ3v) is 6.19. The van der Waals surface area contributed by atoms with Crippen LogP contribution < -0.4 is 10.6 Å². The Hall–Kier alpha value is -3.71. The fourth-order valence-corrected chi connectivity index (χ4v) is 4.19. The van der Waals surface area contributed by atoms with E-state index in [2.05, 4.69) is 10.6 Å². The topological polar surface area (TPSA) is 116 Å². The summed E-state index contributed by atoms with van der Waals surface area (Å²) in [4.78, 5) is 37.1. The Morgan fingerprint density at radius 1 is 0.833 bits per heavy atom. The molecule has 0 fully saturated rings. The van der Waals surface area contributed by atoms with Gasteiger partial charge in [0.15, 0.2) is 0 Å². The number of amides is 2. The number of carbonyl (C=O) groups excluding carboxylic acids is 2. The molecule has 0 bridgehead atoms. The Morgan fingerprint density at radius 2 is 1.50 bits per heavy atom. The lowest BCUT2D eigenvalue weighted by atomic mass is 9.96. The molecule has 0 saturated carbocycles. The van der Waals surface area contributed by atoms with Gasteiger partial charge in [0.1, 0.15) is 6.04 Å². The molecular formula is C29H34N2O5. The summed E-state index contributed by atoms with van der Waals surface area (Å²) in [5.74, 6) is -1.89. The molecule has 0 saturated heterocycles. The number of hydrogen-bond acceptors (Lipinski definition) is 4. The van der Waals surface area contributed by atoms with Gasteiger partial charge < -0.3 is 20.8 Å². The predicted octanol–water partition coefficient (Wildman–Crippen LogP) is 3.48. The summed E-state index contributed by atoms with van der Waals surface area (Å²) in [6, 6.07) is 21.6. The van der Waals surface area contributed by atoms with Crippen LogP contribution in [0.25, 0.3) is 10.8 Å². The molecule has 0 aromatic heterocycles. The highest BCUT2D eigenvalue weighted by Crippen LogP contribution is 2.16. The van der Waals surface area contributed by atoms with Crippen molar-refractivity contribution in [1.82, 2.24) is 10.6 Å². The van der Waals surface area contributed by atoms with Crippen molar-refractivity contribution in [2.24, 2.45) is 5.92 Å². The molecule has 2 amide bonds. The summed E-state index contributed by atoms with van der Waals surface area (Å²) < 4.78 is 0. The smallest absolute Gasteiger partial charge is 0.303 e. The van der Waals surface area contributed by atoms with Gasteiger partial charge in [-0.15, -0.1) is 0 Å². The van der Waals surface area contributed by atoms with Crippen molar-refractivity contribution in [2.45, 2.75) is 57.7 Å². The van der Waals surface area contributed by atoms with Gasteiger partial charge in [-0.25, -0.2) is 0 Å². The van der Waals surface area contributed by atoms with Crippen LogP contribution in [0.4, 0.5) is 0 Å². The average molecular weight is 491 g/mol. The van der Waals surface area contributed by atoms with Gasteiger partial charge in [0.05, 0.1) is 18.6 Å². The van der Waals surface area contributed by atoms with E-state index in [1.807, 2.05) is 86.6 Å². The second-order valence-electron chi connectivity index (χ2n) is 9.45. The first kappa shape index (κ1) is 26.9. The molecule has 3 aromatic rings. The SMILES string of the molecule is CC(C)C(NC(=O)Cc1ccc2ccccc2c1)C(=O)NC(Cc1ccccc1)C(O)CCC(=O)O. The first-order chi connectivity index (χ1) is 17.2. The van der Waals surface area contributed by atoms with Gasteiger partial charge in [0.25, 0.3) is 0 Å². The molecule has 0 spiro atoms. The first-order valence-electron chi connectivity index (χ1n) is 12.2. The second-order valence-corrected chi connectivity index (χ2v) is 9.45. The largest absolute Gasteiger partial charge is 0.481 e. The molecule has 7 heteroatoms. The highest BCUT2D eigenvalue weighted by Gasteiger charge is 2.29. The van der Waals surface area contributed by atoms with Crippen molar-refractivity contribution >= 4 is 28.6 Å². The van der Waals surface area contributed by atoms with Crippen LogP contribution in [-0.4, -0.2) is 46.2 Å². The van der Waals surface area contributed by atoms with Gasteiger partial charge >= 0.3 is 5.97 Å². The van der Waals surface area contributed by atoms with Crippen LogP contribution in [0.1, 0.15) is 37.8 Å². The summed E-state index contributed by atoms with van der Waals surface area (Å²) in [6.07, 6.45) is -0.780. The minimum Gasteiger partial charge on any atom is -0.481 e. The van der Waals surface area contributed by atoms with Gasteiger partial charge in [0.2, 0.25) is 11.8 Å². The molecule has 190 valence electrons. The number of aliphatic hydroxyl groups excluding tert-OH is 1. The van der Waals surface area contributed by atoms with Crippen LogP contribution in [-0.2, 0) is 27.2 Å². The minimum absolute atomic E-state index is 0.00772. The van der Waals surface area contributed by atoms with Crippen molar-refractivity contribution in [3.8, 4) is 0 Å². The molecule has 3 unspecified atom stereocenters. The van der Waals surface area contributed by atoms with Crippen molar-refractivity contribution < 1.29 is 24.6 Å². The van der Waals surface area contributed by atoms with Crippen LogP contribution in [0.3, 0.4) is 0 Å². The average Bonchev–Trinajstić information content (AvgIpc) is 2.85. The van der Waals surface area contributed by atoms with E-state index in [0.29, 0.717) is 6.42 Å². The van der Waals surface area contributed by atoms with Crippen molar-refractivity contribution in [1.29, 1.82) is 0 Å². The number of benzene rings is 3. The molecule has 4 N–H and O–H groups in total. The lowest BCUT2D eigenvalue weighted by Gasteiger charge is -2.28. The van der Waals surface area contributed by atoms with Gasteiger partial charge in [-0.2, -0.15) is 0 Å². The Bertz CT molecular complexity index is 1180. The van der Waals surface area contributed by atoms with Crippen LogP contribution in [0.2, 0.25) is 0 Å². The summed E-state index contributed by atoms with van der Waals surface area (Å²) in [7, 11) is 0. The number of nitrogens with one attached hydrogen (secondary N) is 2. The first-order valence-corrected chi connectivity index (χ1v) is 12.2. The third-order valence-electron chi connectivity index (χ3n) is 6.19. The number of carbonyl (C=O) groups is 3. The normalized spacial score (nSPS) is 13.7. The second kappa shape index (κ2) is 12.8. The molecule has 3 aromatic carbocycles. The van der Waals surface area contributed by atoms with Crippen LogP contribution >= 0.6 is 0 Å². The van der Waals surface area contributed by atoms with Crippen molar-refractivity contribution in [3.63, 3.8) is 0 Å². The molecule has 7 nitrogen and oxygen atoms in total. The summed E-state index contributed by atoms with van der Waals surface area (Å²) in [6.45, 7) is 3.68. The van der Waals surface area contributed by atoms with E-state index < -0.39 is 30.1 Å². The van der Waals surface area contributed by atoms with E-state index in [1.165, 1.54) is 0 Å². The Labute approximate surface area is 211 Å². The van der Waals surface area contributed by atoms with E-state index in [9.17, 15) is 19.5 Å². The zero-order valence-electron chi connectivity index (χ0n) is 20.7. The molecule has 3 atom stereocenters. The monoisotopic (exact) mass is 490 g/mol. The van der Waals surface area contributed by atoms with Gasteiger partial charge in [0, 0.05) is 6.42 Å². The number of aliphatic carboxylic acids is 1. The summed E-state index contributed by atoms with van der Waals surface area (Å²) >= 11 is 0. The highest BCUT2D eigenvalue weighted by molar-refractivity contribution is 5.90. The Balaban J connectivity index is 1.68. The quantitative estimate of drug-likeness (QED) is 0.310. The molecule has 0 radical (unpaired) electrons. The van der Waals surface area contributed by atoms with Crippen LogP contribution in [0, 0.1) is 5.92 Å². The third kappa shape index (κ3) is 7.92. The Kier molecular flexibility index (Phi) is 9.59. The molecule has 0 aliphatic heterocycles. The number of aliphatic hydroxyl groups is 1. The van der Waals surface area contributed by atoms with E-state index >= 15 is 0 Å². The fraction of sp³-hybridized carbons (Fsp3) is 0.345. The maximum atomic E-state index is 13.2. The van der Waals surface area contributed by atoms with Gasteiger partial charge in [-0.1, -0.05) is 86.6 Å². The highest BCUT2D eigenvalue weighted by atomic mass is 16.4. The summed E-state index contributed by atoms with van der Waals surface area (Å²) in [5.41, 5.74) is 1.75. The molecule has 0 aliphatic carbocycles.